The number of ketones is 1. The van der Waals surface area contributed by atoms with Gasteiger partial charge in [-0.2, -0.15) is 5.26 Å². The number of fused-ring (bicyclic) bond motifs is 1. The molecule has 1 amide bonds. The van der Waals surface area contributed by atoms with E-state index in [1.54, 1.807) is 12.1 Å². The van der Waals surface area contributed by atoms with Gasteiger partial charge in [0.25, 0.3) is 0 Å². The number of nitrogens with one attached hydrogen (secondary N) is 1. The third-order valence-electron chi connectivity index (χ3n) is 2.85. The molecule has 2 rings (SSSR count). The SMILES string of the molecule is CC(=O)Nc1ccc(C#N)c2c1C(=O)CCC2. The number of benzene rings is 1. The van der Waals surface area contributed by atoms with E-state index in [9.17, 15) is 9.59 Å². The van der Waals surface area contributed by atoms with E-state index >= 15 is 0 Å². The van der Waals surface area contributed by atoms with Gasteiger partial charge in [-0.15, -0.1) is 0 Å². The molecule has 0 saturated heterocycles. The first-order chi connectivity index (χ1) is 8.13. The Morgan fingerprint density at radius 2 is 2.18 bits per heavy atom. The molecule has 4 nitrogen and oxygen atoms in total. The fraction of sp³-hybridized carbons (Fsp3) is 0.308. The van der Waals surface area contributed by atoms with Gasteiger partial charge < -0.3 is 5.32 Å². The molecule has 1 aliphatic rings. The Balaban J connectivity index is 2.60. The number of anilines is 1. The van der Waals surface area contributed by atoms with Crippen LogP contribution in [0.5, 0.6) is 0 Å². The molecule has 0 fully saturated rings. The van der Waals surface area contributed by atoms with Crippen molar-refractivity contribution in [2.24, 2.45) is 0 Å². The van der Waals surface area contributed by atoms with E-state index in [1.165, 1.54) is 6.92 Å². The molecule has 0 unspecified atom stereocenters. The summed E-state index contributed by atoms with van der Waals surface area (Å²) in [5, 5.41) is 11.6. The maximum atomic E-state index is 11.9. The third kappa shape index (κ3) is 2.04. The average Bonchev–Trinajstić information content (AvgIpc) is 2.28. The largest absolute Gasteiger partial charge is 0.326 e. The summed E-state index contributed by atoms with van der Waals surface area (Å²) in [6.07, 6.45) is 1.97. The topological polar surface area (TPSA) is 70.0 Å². The number of hydrogen-bond acceptors (Lipinski definition) is 3. The van der Waals surface area contributed by atoms with E-state index in [4.69, 9.17) is 5.26 Å². The summed E-state index contributed by atoms with van der Waals surface area (Å²) in [5.41, 5.74) is 2.35. The highest BCUT2D eigenvalue weighted by Crippen LogP contribution is 2.30. The van der Waals surface area contributed by atoms with Crippen LogP contribution in [0, 0.1) is 11.3 Å². The smallest absolute Gasteiger partial charge is 0.221 e. The van der Waals surface area contributed by atoms with Gasteiger partial charge in [-0.1, -0.05) is 0 Å². The summed E-state index contributed by atoms with van der Waals surface area (Å²) >= 11 is 0. The van der Waals surface area contributed by atoms with Crippen molar-refractivity contribution in [2.75, 3.05) is 5.32 Å². The van der Waals surface area contributed by atoms with Crippen LogP contribution >= 0.6 is 0 Å². The summed E-state index contributed by atoms with van der Waals surface area (Å²) in [6, 6.07) is 5.37. The zero-order chi connectivity index (χ0) is 12.4. The number of rotatable bonds is 1. The van der Waals surface area contributed by atoms with Gasteiger partial charge in [-0.05, 0) is 30.5 Å². The first-order valence-electron chi connectivity index (χ1n) is 5.50. The molecule has 4 heteroatoms. The highest BCUT2D eigenvalue weighted by Gasteiger charge is 2.23. The number of nitrogens with zero attached hydrogens (tertiary/aromatic N) is 1. The number of carbonyl (C=O) groups is 2. The molecule has 0 bridgehead atoms. The highest BCUT2D eigenvalue weighted by atomic mass is 16.1. The van der Waals surface area contributed by atoms with Crippen molar-refractivity contribution in [3.63, 3.8) is 0 Å². The Bertz CT molecular complexity index is 541. The van der Waals surface area contributed by atoms with Gasteiger partial charge in [0, 0.05) is 18.9 Å². The summed E-state index contributed by atoms with van der Waals surface area (Å²) in [5.74, 6) is -0.206. The second-order valence-electron chi connectivity index (χ2n) is 4.08. The normalized spacial score (nSPS) is 13.8. The Morgan fingerprint density at radius 3 is 2.82 bits per heavy atom. The Labute approximate surface area is 99.2 Å². The monoisotopic (exact) mass is 228 g/mol. The van der Waals surface area contributed by atoms with Crippen molar-refractivity contribution in [1.29, 1.82) is 5.26 Å². The second kappa shape index (κ2) is 4.38. The lowest BCUT2D eigenvalue weighted by Gasteiger charge is -2.19. The van der Waals surface area contributed by atoms with Crippen LogP contribution in [0.15, 0.2) is 12.1 Å². The summed E-state index contributed by atoms with van der Waals surface area (Å²) in [4.78, 5) is 23.0. The molecule has 0 heterocycles. The van der Waals surface area contributed by atoms with E-state index in [0.717, 1.165) is 18.4 Å². The zero-order valence-corrected chi connectivity index (χ0v) is 9.54. The van der Waals surface area contributed by atoms with Gasteiger partial charge in [0.1, 0.15) is 0 Å². The van der Waals surface area contributed by atoms with E-state index in [1.807, 2.05) is 0 Å². The summed E-state index contributed by atoms with van der Waals surface area (Å²) < 4.78 is 0. The lowest BCUT2D eigenvalue weighted by Crippen LogP contribution is -2.17. The van der Waals surface area contributed by atoms with Crippen LogP contribution in [-0.2, 0) is 11.2 Å². The minimum absolute atomic E-state index is 0.00657. The third-order valence-corrected chi connectivity index (χ3v) is 2.85. The van der Waals surface area contributed by atoms with Gasteiger partial charge in [-0.3, -0.25) is 9.59 Å². The fourth-order valence-electron chi connectivity index (χ4n) is 2.18. The molecule has 1 aromatic rings. The quantitative estimate of drug-likeness (QED) is 0.799. The number of carbonyl (C=O) groups excluding carboxylic acids is 2. The molecule has 1 N–H and O–H groups in total. The standard InChI is InChI=1S/C13H12N2O2/c1-8(16)15-11-6-5-9(7-14)10-3-2-4-12(17)13(10)11/h5-6H,2-4H2,1H3,(H,15,16). The predicted octanol–water partition coefficient (Wildman–Crippen LogP) is 2.04. The molecule has 1 aromatic carbocycles. The van der Waals surface area contributed by atoms with Gasteiger partial charge in [-0.25, -0.2) is 0 Å². The Kier molecular flexibility index (Phi) is 2.92. The van der Waals surface area contributed by atoms with E-state index in [2.05, 4.69) is 11.4 Å². The van der Waals surface area contributed by atoms with Gasteiger partial charge >= 0.3 is 0 Å². The molecule has 0 aliphatic heterocycles. The van der Waals surface area contributed by atoms with Crippen LogP contribution in [0.3, 0.4) is 0 Å². The number of amides is 1. The second-order valence-corrected chi connectivity index (χ2v) is 4.08. The summed E-state index contributed by atoms with van der Waals surface area (Å²) in [7, 11) is 0. The Hall–Kier alpha value is -2.15. The molecule has 17 heavy (non-hydrogen) atoms. The number of nitriles is 1. The highest BCUT2D eigenvalue weighted by molar-refractivity contribution is 6.06. The maximum Gasteiger partial charge on any atom is 0.221 e. The van der Waals surface area contributed by atoms with Crippen molar-refractivity contribution in [3.05, 3.63) is 28.8 Å². The molecule has 0 atom stereocenters. The predicted molar refractivity (Wildman–Crippen MR) is 62.7 cm³/mol. The van der Waals surface area contributed by atoms with Crippen molar-refractivity contribution in [1.82, 2.24) is 0 Å². The molecular formula is C13H12N2O2. The van der Waals surface area contributed by atoms with Crippen LogP contribution in [0.1, 0.15) is 41.3 Å². The Morgan fingerprint density at radius 1 is 1.41 bits per heavy atom. The molecule has 1 aliphatic carbocycles. The van der Waals surface area contributed by atoms with Crippen LogP contribution < -0.4 is 5.32 Å². The van der Waals surface area contributed by atoms with Crippen molar-refractivity contribution < 1.29 is 9.59 Å². The minimum Gasteiger partial charge on any atom is -0.326 e. The van der Waals surface area contributed by atoms with Gasteiger partial charge in [0.2, 0.25) is 5.91 Å². The molecule has 0 radical (unpaired) electrons. The molecule has 86 valence electrons. The van der Waals surface area contributed by atoms with Gasteiger partial charge in [0.05, 0.1) is 17.3 Å². The average molecular weight is 228 g/mol. The number of Topliss-reactive ketones (excluding diaryl/α,β-unsaturated/α-hetero) is 1. The number of hydrogen-bond donors (Lipinski definition) is 1. The lowest BCUT2D eigenvalue weighted by atomic mass is 9.86. The maximum absolute atomic E-state index is 11.9. The lowest BCUT2D eigenvalue weighted by molar-refractivity contribution is -0.114. The zero-order valence-electron chi connectivity index (χ0n) is 9.54. The van der Waals surface area contributed by atoms with Crippen LogP contribution in [0.2, 0.25) is 0 Å². The van der Waals surface area contributed by atoms with Crippen LogP contribution in [0.25, 0.3) is 0 Å². The van der Waals surface area contributed by atoms with Crippen molar-refractivity contribution in [2.45, 2.75) is 26.2 Å². The van der Waals surface area contributed by atoms with Crippen LogP contribution in [-0.4, -0.2) is 11.7 Å². The van der Waals surface area contributed by atoms with Crippen molar-refractivity contribution in [3.8, 4) is 6.07 Å². The molecule has 0 saturated carbocycles. The van der Waals surface area contributed by atoms with E-state index in [0.29, 0.717) is 23.2 Å². The van der Waals surface area contributed by atoms with Gasteiger partial charge in [0.15, 0.2) is 5.78 Å². The first-order valence-corrected chi connectivity index (χ1v) is 5.50. The molecular weight excluding hydrogens is 216 g/mol. The van der Waals surface area contributed by atoms with E-state index in [-0.39, 0.29) is 11.7 Å². The van der Waals surface area contributed by atoms with Crippen LogP contribution in [0.4, 0.5) is 5.69 Å². The minimum atomic E-state index is -0.213. The molecule has 0 aromatic heterocycles. The first kappa shape index (κ1) is 11.3. The van der Waals surface area contributed by atoms with Crippen molar-refractivity contribution >= 4 is 17.4 Å². The summed E-state index contributed by atoms with van der Waals surface area (Å²) in [6.45, 7) is 1.40. The molecule has 0 spiro atoms. The fourth-order valence-corrected chi connectivity index (χ4v) is 2.18. The van der Waals surface area contributed by atoms with E-state index < -0.39 is 0 Å².